The van der Waals surface area contributed by atoms with E-state index in [0.717, 1.165) is 44.7 Å². The first-order valence-corrected chi connectivity index (χ1v) is 8.80. The summed E-state index contributed by atoms with van der Waals surface area (Å²) in [6.07, 6.45) is 1.82. The van der Waals surface area contributed by atoms with Crippen LogP contribution in [0.2, 0.25) is 0 Å². The highest BCUT2D eigenvalue weighted by Crippen LogP contribution is 2.26. The average molecular weight is 331 g/mol. The van der Waals surface area contributed by atoms with Crippen molar-refractivity contribution in [3.63, 3.8) is 0 Å². The molecule has 1 saturated heterocycles. The van der Waals surface area contributed by atoms with Crippen molar-refractivity contribution in [2.75, 3.05) is 38.5 Å². The quantitative estimate of drug-likeness (QED) is 0.616. The van der Waals surface area contributed by atoms with Gasteiger partial charge in [0.05, 0.1) is 0 Å². The lowest BCUT2D eigenvalue weighted by Gasteiger charge is -2.32. The minimum Gasteiger partial charge on any atom is -0.325 e. The Kier molecular flexibility index (Phi) is 6.52. The van der Waals surface area contributed by atoms with E-state index in [1.807, 2.05) is 32.0 Å². The topological polar surface area (TPSA) is 52.7 Å². The van der Waals surface area contributed by atoms with Gasteiger partial charge < -0.3 is 15.0 Å². The number of benzene rings is 1. The van der Waals surface area contributed by atoms with Crippen LogP contribution in [0.25, 0.3) is 0 Å². The minimum absolute atomic E-state index is 0.209. The summed E-state index contributed by atoms with van der Waals surface area (Å²) in [5.74, 6) is -0.209. The number of hydrogen-bond acceptors (Lipinski definition) is 4. The zero-order chi connectivity index (χ0) is 17.6. The molecule has 5 heteroatoms. The van der Waals surface area contributed by atoms with Crippen molar-refractivity contribution in [2.45, 2.75) is 33.2 Å². The molecule has 0 aliphatic carbocycles. The first-order valence-electron chi connectivity index (χ1n) is 8.80. The Hall–Kier alpha value is -1.72. The van der Waals surface area contributed by atoms with Crippen LogP contribution in [-0.2, 0) is 16.1 Å². The third-order valence-corrected chi connectivity index (χ3v) is 5.13. The number of amides is 1. The van der Waals surface area contributed by atoms with E-state index >= 15 is 0 Å². The first kappa shape index (κ1) is 18.6. The zero-order valence-corrected chi connectivity index (χ0v) is 15.0. The van der Waals surface area contributed by atoms with Gasteiger partial charge in [0.15, 0.2) is 0 Å². The third kappa shape index (κ3) is 4.42. The van der Waals surface area contributed by atoms with Crippen molar-refractivity contribution in [2.24, 2.45) is 5.41 Å². The minimum atomic E-state index is -0.923. The van der Waals surface area contributed by atoms with Crippen molar-refractivity contribution < 1.29 is 9.59 Å². The molecule has 1 aliphatic heterocycles. The fraction of sp³-hybridized carbons (Fsp3) is 0.579. The number of anilines is 1. The van der Waals surface area contributed by atoms with Crippen LogP contribution in [0.15, 0.2) is 24.3 Å². The predicted octanol–water partition coefficient (Wildman–Crippen LogP) is 2.38. The molecule has 0 unspecified atom stereocenters. The van der Waals surface area contributed by atoms with E-state index in [2.05, 4.69) is 28.2 Å². The largest absolute Gasteiger partial charge is 0.325 e. The van der Waals surface area contributed by atoms with Gasteiger partial charge in [0.2, 0.25) is 5.91 Å². The molecule has 1 aromatic rings. The van der Waals surface area contributed by atoms with E-state index < -0.39 is 5.41 Å². The molecule has 0 radical (unpaired) electrons. The Labute approximate surface area is 145 Å². The number of aldehydes is 1. The van der Waals surface area contributed by atoms with Crippen LogP contribution in [0.4, 0.5) is 5.69 Å². The zero-order valence-electron chi connectivity index (χ0n) is 15.0. The summed E-state index contributed by atoms with van der Waals surface area (Å²) in [5, 5.41) is 2.92. The van der Waals surface area contributed by atoms with Crippen LogP contribution in [0.1, 0.15) is 32.3 Å². The fourth-order valence-electron chi connectivity index (χ4n) is 3.06. The Bertz CT molecular complexity index is 561. The molecule has 132 valence electrons. The molecule has 0 atom stereocenters. The number of rotatable bonds is 7. The SMILES string of the molecule is CCC(C=O)(CC)C(=O)Nc1cccc(CN2CCN(C)CC2)c1. The Morgan fingerprint density at radius 2 is 1.88 bits per heavy atom. The lowest BCUT2D eigenvalue weighted by molar-refractivity contribution is -0.132. The maximum absolute atomic E-state index is 12.5. The monoisotopic (exact) mass is 331 g/mol. The Morgan fingerprint density at radius 3 is 2.46 bits per heavy atom. The first-order chi connectivity index (χ1) is 11.5. The summed E-state index contributed by atoms with van der Waals surface area (Å²) in [5.41, 5.74) is 1.02. The number of carbonyl (C=O) groups is 2. The second-order valence-corrected chi connectivity index (χ2v) is 6.72. The molecule has 1 fully saturated rings. The molecular formula is C19H29N3O2. The van der Waals surface area contributed by atoms with E-state index in [1.54, 1.807) is 0 Å². The molecule has 2 rings (SSSR count). The van der Waals surface area contributed by atoms with Gasteiger partial charge in [-0.2, -0.15) is 0 Å². The fourth-order valence-corrected chi connectivity index (χ4v) is 3.06. The van der Waals surface area contributed by atoms with Gasteiger partial charge in [0.25, 0.3) is 0 Å². The van der Waals surface area contributed by atoms with Gasteiger partial charge >= 0.3 is 0 Å². The summed E-state index contributed by atoms with van der Waals surface area (Å²) < 4.78 is 0. The van der Waals surface area contributed by atoms with Gasteiger partial charge in [0.1, 0.15) is 11.7 Å². The number of likely N-dealkylation sites (N-methyl/N-ethyl adjacent to an activating group) is 1. The van der Waals surface area contributed by atoms with Crippen LogP contribution in [-0.4, -0.2) is 55.2 Å². The third-order valence-electron chi connectivity index (χ3n) is 5.13. The number of carbonyl (C=O) groups excluding carboxylic acids is 2. The molecule has 1 N–H and O–H groups in total. The van der Waals surface area contributed by atoms with Gasteiger partial charge in [-0.15, -0.1) is 0 Å². The second-order valence-electron chi connectivity index (χ2n) is 6.72. The second kappa shape index (κ2) is 8.40. The summed E-state index contributed by atoms with van der Waals surface area (Å²) in [6.45, 7) is 8.94. The molecule has 5 nitrogen and oxygen atoms in total. The predicted molar refractivity (Wildman–Crippen MR) is 96.9 cm³/mol. The van der Waals surface area contributed by atoms with Crippen LogP contribution >= 0.6 is 0 Å². The van der Waals surface area contributed by atoms with Crippen LogP contribution < -0.4 is 5.32 Å². The Balaban J connectivity index is 2.02. The molecule has 0 spiro atoms. The maximum atomic E-state index is 12.5. The summed E-state index contributed by atoms with van der Waals surface area (Å²) in [6, 6.07) is 7.94. The molecular weight excluding hydrogens is 302 g/mol. The van der Waals surface area contributed by atoms with Crippen LogP contribution in [0.5, 0.6) is 0 Å². The summed E-state index contributed by atoms with van der Waals surface area (Å²) in [4.78, 5) is 28.7. The van der Waals surface area contributed by atoms with Crippen molar-refractivity contribution in [1.29, 1.82) is 0 Å². The molecule has 1 amide bonds. The van der Waals surface area contributed by atoms with E-state index in [9.17, 15) is 9.59 Å². The molecule has 0 bridgehead atoms. The van der Waals surface area contributed by atoms with Crippen LogP contribution in [0.3, 0.4) is 0 Å². The normalized spacial score (nSPS) is 16.8. The van der Waals surface area contributed by atoms with E-state index in [-0.39, 0.29) is 5.91 Å². The lowest BCUT2D eigenvalue weighted by Crippen LogP contribution is -2.43. The van der Waals surface area contributed by atoms with Gasteiger partial charge in [-0.25, -0.2) is 0 Å². The standard InChI is InChI=1S/C19H29N3O2/c1-4-19(5-2,15-23)18(24)20-17-8-6-7-16(13-17)14-22-11-9-21(3)10-12-22/h6-8,13,15H,4-5,9-12,14H2,1-3H3,(H,20,24). The smallest absolute Gasteiger partial charge is 0.237 e. The number of nitrogens with one attached hydrogen (secondary N) is 1. The molecule has 24 heavy (non-hydrogen) atoms. The summed E-state index contributed by atoms with van der Waals surface area (Å²) in [7, 11) is 2.15. The molecule has 1 heterocycles. The Morgan fingerprint density at radius 1 is 1.21 bits per heavy atom. The van der Waals surface area contributed by atoms with Crippen molar-refractivity contribution in [1.82, 2.24) is 9.80 Å². The van der Waals surface area contributed by atoms with Crippen molar-refractivity contribution in [3.8, 4) is 0 Å². The number of hydrogen-bond donors (Lipinski definition) is 1. The number of nitrogens with zero attached hydrogens (tertiary/aromatic N) is 2. The van der Waals surface area contributed by atoms with Gasteiger partial charge in [0, 0.05) is 38.4 Å². The summed E-state index contributed by atoms with van der Waals surface area (Å²) >= 11 is 0. The maximum Gasteiger partial charge on any atom is 0.237 e. The van der Waals surface area contributed by atoms with E-state index in [4.69, 9.17) is 0 Å². The van der Waals surface area contributed by atoms with E-state index in [0.29, 0.717) is 12.8 Å². The lowest BCUT2D eigenvalue weighted by atomic mass is 9.83. The van der Waals surface area contributed by atoms with Crippen LogP contribution in [0, 0.1) is 5.41 Å². The van der Waals surface area contributed by atoms with Crippen molar-refractivity contribution >= 4 is 17.9 Å². The van der Waals surface area contributed by atoms with Gasteiger partial charge in [-0.1, -0.05) is 26.0 Å². The van der Waals surface area contributed by atoms with Gasteiger partial charge in [-0.3, -0.25) is 9.69 Å². The molecule has 0 saturated carbocycles. The molecule has 1 aromatic carbocycles. The van der Waals surface area contributed by atoms with Gasteiger partial charge in [-0.05, 0) is 37.6 Å². The molecule has 1 aliphatic rings. The highest BCUT2D eigenvalue weighted by Gasteiger charge is 2.34. The average Bonchev–Trinajstić information content (AvgIpc) is 2.59. The van der Waals surface area contributed by atoms with E-state index in [1.165, 1.54) is 5.56 Å². The van der Waals surface area contributed by atoms with Crippen molar-refractivity contribution in [3.05, 3.63) is 29.8 Å². The highest BCUT2D eigenvalue weighted by molar-refractivity contribution is 6.04. The molecule has 0 aromatic heterocycles. The highest BCUT2D eigenvalue weighted by atomic mass is 16.2. The number of piperazine rings is 1.